The molecule has 0 spiro atoms. The van der Waals surface area contributed by atoms with E-state index in [0.717, 1.165) is 0 Å². The van der Waals surface area contributed by atoms with Crippen LogP contribution in [0.15, 0.2) is 22.7 Å². The standard InChI is InChI=1S/C10H6BrClFN3O2/c1-17-9-14-8(12)15-10(16-9)18-7-4-5(13)2-3-6(7)11/h2-4H,1H3. The average molecular weight is 335 g/mol. The van der Waals surface area contributed by atoms with Crippen LogP contribution in [-0.2, 0) is 0 Å². The van der Waals surface area contributed by atoms with Crippen LogP contribution in [-0.4, -0.2) is 22.1 Å². The third kappa shape index (κ3) is 3.05. The number of rotatable bonds is 3. The maximum atomic E-state index is 13.1. The Morgan fingerprint density at radius 3 is 2.67 bits per heavy atom. The minimum atomic E-state index is -0.444. The summed E-state index contributed by atoms with van der Waals surface area (Å²) in [5.74, 6) is -0.223. The van der Waals surface area contributed by atoms with Gasteiger partial charge in [0.2, 0.25) is 5.28 Å². The first-order valence-corrected chi connectivity index (χ1v) is 5.84. The van der Waals surface area contributed by atoms with E-state index in [-0.39, 0.29) is 23.1 Å². The highest BCUT2D eigenvalue weighted by atomic mass is 79.9. The van der Waals surface area contributed by atoms with Crippen LogP contribution < -0.4 is 9.47 Å². The van der Waals surface area contributed by atoms with Gasteiger partial charge in [-0.15, -0.1) is 4.98 Å². The molecular weight excluding hydrogens is 328 g/mol. The van der Waals surface area contributed by atoms with Crippen molar-refractivity contribution < 1.29 is 13.9 Å². The second kappa shape index (κ2) is 5.45. The Labute approximate surface area is 115 Å². The molecule has 0 saturated heterocycles. The van der Waals surface area contributed by atoms with E-state index in [1.807, 2.05) is 0 Å². The lowest BCUT2D eigenvalue weighted by Gasteiger charge is -2.06. The van der Waals surface area contributed by atoms with Crippen molar-refractivity contribution in [1.82, 2.24) is 15.0 Å². The molecule has 0 aliphatic carbocycles. The van der Waals surface area contributed by atoms with Gasteiger partial charge in [-0.05, 0) is 39.7 Å². The van der Waals surface area contributed by atoms with Crippen LogP contribution in [0.3, 0.4) is 0 Å². The van der Waals surface area contributed by atoms with Crippen molar-refractivity contribution in [2.75, 3.05) is 7.11 Å². The van der Waals surface area contributed by atoms with Gasteiger partial charge in [-0.3, -0.25) is 0 Å². The quantitative estimate of drug-likeness (QED) is 0.862. The number of nitrogens with zero attached hydrogens (tertiary/aromatic N) is 3. The van der Waals surface area contributed by atoms with E-state index in [9.17, 15) is 4.39 Å². The zero-order valence-electron chi connectivity index (χ0n) is 9.02. The van der Waals surface area contributed by atoms with E-state index >= 15 is 0 Å². The fourth-order valence-electron chi connectivity index (χ4n) is 1.11. The summed E-state index contributed by atoms with van der Waals surface area (Å²) >= 11 is 8.87. The van der Waals surface area contributed by atoms with Crippen LogP contribution in [0.2, 0.25) is 5.28 Å². The number of methoxy groups -OCH3 is 1. The van der Waals surface area contributed by atoms with Gasteiger partial charge in [0.25, 0.3) is 0 Å². The first-order valence-electron chi connectivity index (χ1n) is 4.67. The Morgan fingerprint density at radius 1 is 1.22 bits per heavy atom. The molecule has 0 fully saturated rings. The van der Waals surface area contributed by atoms with Crippen LogP contribution in [0, 0.1) is 5.82 Å². The molecule has 2 rings (SSSR count). The van der Waals surface area contributed by atoms with Gasteiger partial charge in [-0.25, -0.2) is 4.39 Å². The Morgan fingerprint density at radius 2 is 1.94 bits per heavy atom. The van der Waals surface area contributed by atoms with Gasteiger partial charge in [-0.1, -0.05) is 0 Å². The summed E-state index contributed by atoms with van der Waals surface area (Å²) in [6.07, 6.45) is 0. The predicted molar refractivity (Wildman–Crippen MR) is 65.6 cm³/mol. The van der Waals surface area contributed by atoms with E-state index in [1.54, 1.807) is 0 Å². The summed E-state index contributed by atoms with van der Waals surface area (Å²) in [7, 11) is 1.38. The Hall–Kier alpha value is -1.47. The molecule has 94 valence electrons. The minimum Gasteiger partial charge on any atom is -0.467 e. The van der Waals surface area contributed by atoms with Gasteiger partial charge in [0.05, 0.1) is 11.6 Å². The number of ether oxygens (including phenoxy) is 2. The van der Waals surface area contributed by atoms with Crippen molar-refractivity contribution in [2.45, 2.75) is 0 Å². The second-order valence-corrected chi connectivity index (χ2v) is 4.24. The number of hydrogen-bond acceptors (Lipinski definition) is 5. The molecule has 18 heavy (non-hydrogen) atoms. The molecule has 1 aromatic heterocycles. The summed E-state index contributed by atoms with van der Waals surface area (Å²) in [5, 5.41) is -0.0793. The van der Waals surface area contributed by atoms with Crippen LogP contribution in [0.25, 0.3) is 0 Å². The number of aromatic nitrogens is 3. The smallest absolute Gasteiger partial charge is 0.329 e. The van der Waals surface area contributed by atoms with E-state index in [4.69, 9.17) is 21.1 Å². The summed E-state index contributed by atoms with van der Waals surface area (Å²) in [6.45, 7) is 0. The zero-order valence-corrected chi connectivity index (χ0v) is 11.4. The molecular formula is C10H6BrClFN3O2. The number of hydrogen-bond donors (Lipinski definition) is 0. The Bertz CT molecular complexity index is 585. The summed E-state index contributed by atoms with van der Waals surface area (Å²) < 4.78 is 23.7. The van der Waals surface area contributed by atoms with E-state index in [1.165, 1.54) is 25.3 Å². The zero-order chi connectivity index (χ0) is 13.1. The molecule has 0 saturated carbocycles. The molecule has 0 aliphatic rings. The number of halogens is 3. The first-order chi connectivity index (χ1) is 8.58. The number of benzene rings is 1. The van der Waals surface area contributed by atoms with Gasteiger partial charge in [0.1, 0.15) is 11.6 Å². The lowest BCUT2D eigenvalue weighted by molar-refractivity contribution is 0.358. The summed E-state index contributed by atoms with van der Waals surface area (Å²) in [4.78, 5) is 11.3. The van der Waals surface area contributed by atoms with Gasteiger partial charge < -0.3 is 9.47 Å². The van der Waals surface area contributed by atoms with E-state index in [0.29, 0.717) is 4.47 Å². The topological polar surface area (TPSA) is 57.1 Å². The van der Waals surface area contributed by atoms with E-state index < -0.39 is 5.82 Å². The normalized spacial score (nSPS) is 10.2. The van der Waals surface area contributed by atoms with Crippen molar-refractivity contribution in [2.24, 2.45) is 0 Å². The molecule has 0 unspecified atom stereocenters. The van der Waals surface area contributed by atoms with Gasteiger partial charge in [-0.2, -0.15) is 9.97 Å². The maximum absolute atomic E-state index is 13.1. The lowest BCUT2D eigenvalue weighted by Crippen LogP contribution is -1.99. The third-order valence-electron chi connectivity index (χ3n) is 1.84. The largest absolute Gasteiger partial charge is 0.467 e. The minimum absolute atomic E-state index is 0.0116. The van der Waals surface area contributed by atoms with Crippen LogP contribution in [0.1, 0.15) is 0 Å². The molecule has 0 amide bonds. The molecule has 1 heterocycles. The Kier molecular flexibility index (Phi) is 3.93. The van der Waals surface area contributed by atoms with Gasteiger partial charge in [0, 0.05) is 6.07 Å². The SMILES string of the molecule is COc1nc(Cl)nc(Oc2cc(F)ccc2Br)n1. The van der Waals surface area contributed by atoms with Gasteiger partial charge in [0.15, 0.2) is 0 Å². The highest BCUT2D eigenvalue weighted by Gasteiger charge is 2.10. The predicted octanol–water partition coefficient (Wildman–Crippen LogP) is 3.23. The molecule has 0 atom stereocenters. The summed E-state index contributed by atoms with van der Waals surface area (Å²) in [6, 6.07) is 3.91. The van der Waals surface area contributed by atoms with Crippen molar-refractivity contribution in [3.8, 4) is 17.8 Å². The average Bonchev–Trinajstić information content (AvgIpc) is 2.33. The fraction of sp³-hybridized carbons (Fsp3) is 0.100. The van der Waals surface area contributed by atoms with Crippen LogP contribution in [0.5, 0.6) is 17.8 Å². The van der Waals surface area contributed by atoms with E-state index in [2.05, 4.69) is 30.9 Å². The lowest BCUT2D eigenvalue weighted by atomic mass is 10.3. The molecule has 8 heteroatoms. The summed E-state index contributed by atoms with van der Waals surface area (Å²) in [5.41, 5.74) is 0. The highest BCUT2D eigenvalue weighted by molar-refractivity contribution is 9.10. The van der Waals surface area contributed by atoms with Crippen molar-refractivity contribution in [3.05, 3.63) is 33.8 Å². The molecule has 0 bridgehead atoms. The molecule has 1 aromatic carbocycles. The second-order valence-electron chi connectivity index (χ2n) is 3.05. The molecule has 2 aromatic rings. The van der Waals surface area contributed by atoms with Crippen molar-refractivity contribution in [1.29, 1.82) is 0 Å². The van der Waals surface area contributed by atoms with Crippen LogP contribution >= 0.6 is 27.5 Å². The third-order valence-corrected chi connectivity index (χ3v) is 2.67. The molecule has 0 aliphatic heterocycles. The van der Waals surface area contributed by atoms with Crippen molar-refractivity contribution in [3.63, 3.8) is 0 Å². The van der Waals surface area contributed by atoms with Crippen LogP contribution in [0.4, 0.5) is 4.39 Å². The molecule has 0 radical (unpaired) electrons. The highest BCUT2D eigenvalue weighted by Crippen LogP contribution is 2.29. The maximum Gasteiger partial charge on any atom is 0.329 e. The van der Waals surface area contributed by atoms with Crippen molar-refractivity contribution >= 4 is 27.5 Å². The first kappa shape index (κ1) is 13.0. The molecule has 5 nitrogen and oxygen atoms in total. The Balaban J connectivity index is 2.33. The van der Waals surface area contributed by atoms with Gasteiger partial charge >= 0.3 is 12.0 Å². The molecule has 0 N–H and O–H groups in total. The fourth-order valence-corrected chi connectivity index (χ4v) is 1.58. The monoisotopic (exact) mass is 333 g/mol.